The predicted molar refractivity (Wildman–Crippen MR) is 147 cm³/mol. The molecule has 39 heavy (non-hydrogen) atoms. The number of aryl methyl sites for hydroxylation is 2. The lowest BCUT2D eigenvalue weighted by molar-refractivity contribution is -0.143. The molecular weight excluding hydrogens is 500 g/mol. The lowest BCUT2D eigenvalue weighted by Crippen LogP contribution is -2.45. The van der Waals surface area contributed by atoms with Gasteiger partial charge < -0.3 is 34.5 Å². The average molecular weight is 543 g/mol. The minimum atomic E-state index is -0.866. The molecule has 2 aliphatic rings. The van der Waals surface area contributed by atoms with Crippen molar-refractivity contribution in [1.29, 1.82) is 0 Å². The van der Waals surface area contributed by atoms with E-state index in [0.29, 0.717) is 56.3 Å². The standard InChI is InChI=1S/C29H42N4O6/c1-4-5-13-32(14-7-11-30)26(34)18-33-17-22(20-15-24(37-3)28-25(16-20)38-19-39-28)27(29(35)36)23(33)10-9-21-8-6-12-31(21)2/h6,8,12,15-16,22-23,27H,4-5,7,9-11,13-14,17-19,30H2,1-3H3,(H,35,36)/t22-,23+,27?/m1/s1. The Morgan fingerprint density at radius 3 is 2.69 bits per heavy atom. The fraction of sp³-hybridized carbons (Fsp3) is 0.586. The number of ether oxygens (including phenoxy) is 3. The smallest absolute Gasteiger partial charge is 0.308 e. The van der Waals surface area contributed by atoms with Gasteiger partial charge in [0.15, 0.2) is 11.5 Å². The lowest BCUT2D eigenvalue weighted by atomic mass is 9.83. The number of methoxy groups -OCH3 is 1. The van der Waals surface area contributed by atoms with Gasteiger partial charge in [-0.15, -0.1) is 0 Å². The Kier molecular flexibility index (Phi) is 9.74. The summed E-state index contributed by atoms with van der Waals surface area (Å²) >= 11 is 0. The first kappa shape index (κ1) is 28.8. The van der Waals surface area contributed by atoms with Gasteiger partial charge in [-0.05, 0) is 62.1 Å². The summed E-state index contributed by atoms with van der Waals surface area (Å²) in [6.07, 6.45) is 5.98. The Morgan fingerprint density at radius 2 is 2.03 bits per heavy atom. The third-order valence-electron chi connectivity index (χ3n) is 7.99. The Hall–Kier alpha value is -3.24. The van der Waals surface area contributed by atoms with Crippen molar-refractivity contribution in [2.24, 2.45) is 18.7 Å². The minimum Gasteiger partial charge on any atom is -0.493 e. The van der Waals surface area contributed by atoms with Crippen LogP contribution in [0.4, 0.5) is 0 Å². The van der Waals surface area contributed by atoms with Crippen LogP contribution in [0.2, 0.25) is 0 Å². The number of nitrogens with zero attached hydrogens (tertiary/aromatic N) is 3. The first-order chi connectivity index (χ1) is 18.9. The molecule has 2 aliphatic heterocycles. The number of aliphatic carboxylic acids is 1. The zero-order valence-electron chi connectivity index (χ0n) is 23.3. The van der Waals surface area contributed by atoms with Gasteiger partial charge in [-0.2, -0.15) is 0 Å². The number of rotatable bonds is 14. The van der Waals surface area contributed by atoms with Crippen LogP contribution in [0.1, 0.15) is 49.8 Å². The fourth-order valence-corrected chi connectivity index (χ4v) is 5.87. The van der Waals surface area contributed by atoms with Crippen molar-refractivity contribution in [3.8, 4) is 17.2 Å². The van der Waals surface area contributed by atoms with Crippen molar-refractivity contribution in [2.45, 2.75) is 51.0 Å². The number of unbranched alkanes of at least 4 members (excludes halogenated alkanes) is 1. The molecule has 1 aromatic heterocycles. The first-order valence-electron chi connectivity index (χ1n) is 13.9. The van der Waals surface area contributed by atoms with E-state index in [-0.39, 0.29) is 31.2 Å². The van der Waals surface area contributed by atoms with Gasteiger partial charge >= 0.3 is 5.97 Å². The summed E-state index contributed by atoms with van der Waals surface area (Å²) in [5.41, 5.74) is 7.68. The van der Waals surface area contributed by atoms with E-state index in [4.69, 9.17) is 19.9 Å². The number of benzene rings is 1. The quantitative estimate of drug-likeness (QED) is 0.374. The van der Waals surface area contributed by atoms with Crippen molar-refractivity contribution in [1.82, 2.24) is 14.4 Å². The fourth-order valence-electron chi connectivity index (χ4n) is 5.87. The molecule has 0 spiro atoms. The summed E-state index contributed by atoms with van der Waals surface area (Å²) in [5.74, 6) is -0.280. The van der Waals surface area contributed by atoms with Gasteiger partial charge in [-0.3, -0.25) is 14.5 Å². The number of carbonyl (C=O) groups is 2. The third-order valence-corrected chi connectivity index (χ3v) is 7.99. The summed E-state index contributed by atoms with van der Waals surface area (Å²) in [6.45, 7) is 4.64. The zero-order chi connectivity index (χ0) is 27.9. The lowest BCUT2D eigenvalue weighted by Gasteiger charge is -2.30. The molecule has 0 aliphatic carbocycles. The highest BCUT2D eigenvalue weighted by Gasteiger charge is 2.47. The molecule has 0 bridgehead atoms. The van der Waals surface area contributed by atoms with Gasteiger partial charge in [-0.1, -0.05) is 13.3 Å². The number of carboxylic acids is 1. The maximum atomic E-state index is 13.6. The number of carbonyl (C=O) groups excluding carboxylic acids is 1. The minimum absolute atomic E-state index is 0.0221. The molecule has 1 amide bonds. The average Bonchev–Trinajstić information content (AvgIpc) is 3.65. The molecular formula is C29H42N4O6. The number of fused-ring (bicyclic) bond motifs is 1. The van der Waals surface area contributed by atoms with E-state index in [1.807, 2.05) is 36.3 Å². The maximum Gasteiger partial charge on any atom is 0.308 e. The second-order valence-corrected chi connectivity index (χ2v) is 10.4. The molecule has 0 radical (unpaired) electrons. The summed E-state index contributed by atoms with van der Waals surface area (Å²) in [5, 5.41) is 10.5. The third kappa shape index (κ3) is 6.50. The Balaban J connectivity index is 1.64. The van der Waals surface area contributed by atoms with Gasteiger partial charge in [0.2, 0.25) is 18.4 Å². The molecule has 1 fully saturated rings. The molecule has 10 heteroatoms. The number of aromatic nitrogens is 1. The predicted octanol–water partition coefficient (Wildman–Crippen LogP) is 2.84. The number of carboxylic acid groups (broad SMARTS) is 1. The van der Waals surface area contributed by atoms with Crippen LogP contribution < -0.4 is 19.9 Å². The normalized spacial score (nSPS) is 20.4. The highest BCUT2D eigenvalue weighted by Crippen LogP contribution is 2.47. The van der Waals surface area contributed by atoms with Crippen molar-refractivity contribution in [3.63, 3.8) is 0 Å². The molecule has 1 saturated heterocycles. The molecule has 1 aromatic carbocycles. The van der Waals surface area contributed by atoms with Crippen molar-refractivity contribution < 1.29 is 28.9 Å². The van der Waals surface area contributed by atoms with E-state index in [1.165, 1.54) is 0 Å². The number of likely N-dealkylation sites (tertiary alicyclic amines) is 1. The summed E-state index contributed by atoms with van der Waals surface area (Å²) in [7, 11) is 3.55. The second-order valence-electron chi connectivity index (χ2n) is 10.4. The summed E-state index contributed by atoms with van der Waals surface area (Å²) in [6, 6.07) is 7.44. The van der Waals surface area contributed by atoms with Crippen LogP contribution in [-0.4, -0.2) is 84.0 Å². The van der Waals surface area contributed by atoms with E-state index in [9.17, 15) is 14.7 Å². The van der Waals surface area contributed by atoms with Crippen LogP contribution in [0.15, 0.2) is 30.5 Å². The van der Waals surface area contributed by atoms with Crippen molar-refractivity contribution in [3.05, 3.63) is 41.7 Å². The zero-order valence-corrected chi connectivity index (χ0v) is 23.3. The van der Waals surface area contributed by atoms with E-state index in [2.05, 4.69) is 22.5 Å². The van der Waals surface area contributed by atoms with Crippen LogP contribution in [0, 0.1) is 5.92 Å². The Morgan fingerprint density at radius 1 is 1.23 bits per heavy atom. The molecule has 4 rings (SSSR count). The highest BCUT2D eigenvalue weighted by atomic mass is 16.7. The topological polar surface area (TPSA) is 119 Å². The van der Waals surface area contributed by atoms with Crippen LogP contribution in [0.5, 0.6) is 17.2 Å². The van der Waals surface area contributed by atoms with Gasteiger partial charge in [0, 0.05) is 50.5 Å². The molecule has 3 heterocycles. The van der Waals surface area contributed by atoms with Gasteiger partial charge in [0.05, 0.1) is 19.6 Å². The van der Waals surface area contributed by atoms with Gasteiger partial charge in [-0.25, -0.2) is 0 Å². The summed E-state index contributed by atoms with van der Waals surface area (Å²) in [4.78, 5) is 30.3. The number of nitrogens with two attached hydrogens (primary N) is 1. The molecule has 10 nitrogen and oxygen atoms in total. The van der Waals surface area contributed by atoms with Crippen LogP contribution in [0.3, 0.4) is 0 Å². The first-order valence-corrected chi connectivity index (χ1v) is 13.9. The molecule has 3 atom stereocenters. The van der Waals surface area contributed by atoms with Crippen LogP contribution in [-0.2, 0) is 23.1 Å². The van der Waals surface area contributed by atoms with E-state index in [0.717, 1.165) is 30.5 Å². The summed E-state index contributed by atoms with van der Waals surface area (Å²) < 4.78 is 18.8. The van der Waals surface area contributed by atoms with Crippen molar-refractivity contribution in [2.75, 3.05) is 46.6 Å². The Bertz CT molecular complexity index is 1130. The largest absolute Gasteiger partial charge is 0.493 e. The van der Waals surface area contributed by atoms with E-state index in [1.54, 1.807) is 7.11 Å². The SMILES string of the molecule is CCCCN(CCCN)C(=O)CN1C[C@H](c2cc(OC)c3c(c2)OCO3)C(C(=O)O)[C@@H]1CCc1cccn1C. The number of hydrogen-bond acceptors (Lipinski definition) is 7. The molecule has 3 N–H and O–H groups in total. The molecule has 2 aromatic rings. The molecule has 0 saturated carbocycles. The molecule has 214 valence electrons. The number of amides is 1. The monoisotopic (exact) mass is 542 g/mol. The van der Waals surface area contributed by atoms with Crippen molar-refractivity contribution >= 4 is 11.9 Å². The highest BCUT2D eigenvalue weighted by molar-refractivity contribution is 5.79. The van der Waals surface area contributed by atoms with Crippen LogP contribution >= 0.6 is 0 Å². The molecule has 1 unspecified atom stereocenters. The van der Waals surface area contributed by atoms with E-state index < -0.39 is 11.9 Å². The maximum absolute atomic E-state index is 13.6. The van der Waals surface area contributed by atoms with Crippen LogP contribution in [0.25, 0.3) is 0 Å². The Labute approximate surface area is 230 Å². The van der Waals surface area contributed by atoms with Gasteiger partial charge in [0.25, 0.3) is 0 Å². The van der Waals surface area contributed by atoms with E-state index >= 15 is 0 Å². The second kappa shape index (κ2) is 13.2. The number of hydrogen-bond donors (Lipinski definition) is 2. The van der Waals surface area contributed by atoms with Gasteiger partial charge in [0.1, 0.15) is 0 Å².